The summed E-state index contributed by atoms with van der Waals surface area (Å²) < 4.78 is 0. The topological polar surface area (TPSA) is 61.4 Å². The third kappa shape index (κ3) is 5.15. The Morgan fingerprint density at radius 1 is 1.06 bits per heavy atom. The van der Waals surface area contributed by atoms with Crippen LogP contribution in [0.5, 0.6) is 0 Å². The molecule has 1 saturated carbocycles. The molecule has 4 rings (SSSR count). The molecule has 1 fully saturated rings. The van der Waals surface area contributed by atoms with Crippen LogP contribution in [0, 0.1) is 0 Å². The second-order valence-corrected chi connectivity index (χ2v) is 8.62. The molecule has 0 saturated heterocycles. The summed E-state index contributed by atoms with van der Waals surface area (Å²) in [6.45, 7) is 2.50. The molecule has 162 valence electrons. The van der Waals surface area contributed by atoms with E-state index in [2.05, 4.69) is 66.1 Å². The molecular weight excluding hydrogens is 384 g/mol. The van der Waals surface area contributed by atoms with Gasteiger partial charge in [-0.3, -0.25) is 4.79 Å². The molecule has 3 N–H and O–H groups in total. The zero-order valence-corrected chi connectivity index (χ0v) is 18.2. The third-order valence-electron chi connectivity index (χ3n) is 6.47. The molecule has 3 unspecified atom stereocenters. The summed E-state index contributed by atoms with van der Waals surface area (Å²) in [5.74, 6) is 0.336. The maximum absolute atomic E-state index is 12.3. The Bertz CT molecular complexity index is 1030. The SMILES string of the molecule is CC(NC1CCCC(c2cccc(C(=O)NCCO)c2)C1)c1cccc2ccccc12. The van der Waals surface area contributed by atoms with E-state index in [1.807, 2.05) is 18.2 Å². The van der Waals surface area contributed by atoms with Gasteiger partial charge in [0, 0.05) is 24.2 Å². The van der Waals surface area contributed by atoms with Crippen LogP contribution in [0.2, 0.25) is 0 Å². The van der Waals surface area contributed by atoms with Gasteiger partial charge in [0.2, 0.25) is 0 Å². The molecule has 0 radical (unpaired) electrons. The predicted octanol–water partition coefficient (Wildman–Crippen LogP) is 4.94. The lowest BCUT2D eigenvalue weighted by Crippen LogP contribution is -2.35. The van der Waals surface area contributed by atoms with Crippen molar-refractivity contribution in [2.45, 2.75) is 50.6 Å². The smallest absolute Gasteiger partial charge is 0.251 e. The lowest BCUT2D eigenvalue weighted by Gasteiger charge is -2.33. The molecule has 0 aliphatic heterocycles. The number of rotatable bonds is 7. The Balaban J connectivity index is 1.45. The van der Waals surface area contributed by atoms with E-state index in [1.54, 1.807) is 0 Å². The molecule has 3 atom stereocenters. The largest absolute Gasteiger partial charge is 0.395 e. The maximum Gasteiger partial charge on any atom is 0.251 e. The highest BCUT2D eigenvalue weighted by molar-refractivity contribution is 5.94. The molecule has 4 nitrogen and oxygen atoms in total. The van der Waals surface area contributed by atoms with E-state index in [0.717, 1.165) is 12.8 Å². The molecule has 0 aromatic heterocycles. The van der Waals surface area contributed by atoms with Crippen molar-refractivity contribution in [1.82, 2.24) is 10.6 Å². The quantitative estimate of drug-likeness (QED) is 0.511. The van der Waals surface area contributed by atoms with Gasteiger partial charge in [0.05, 0.1) is 6.61 Å². The fourth-order valence-electron chi connectivity index (χ4n) is 4.92. The molecule has 31 heavy (non-hydrogen) atoms. The predicted molar refractivity (Wildman–Crippen MR) is 126 cm³/mol. The van der Waals surface area contributed by atoms with Crippen molar-refractivity contribution >= 4 is 16.7 Å². The van der Waals surface area contributed by atoms with Crippen molar-refractivity contribution in [3.8, 4) is 0 Å². The van der Waals surface area contributed by atoms with Gasteiger partial charge in [0.1, 0.15) is 0 Å². The van der Waals surface area contributed by atoms with Gasteiger partial charge in [-0.15, -0.1) is 0 Å². The van der Waals surface area contributed by atoms with Crippen LogP contribution < -0.4 is 10.6 Å². The summed E-state index contributed by atoms with van der Waals surface area (Å²) >= 11 is 0. The number of fused-ring (bicyclic) bond motifs is 1. The highest BCUT2D eigenvalue weighted by Gasteiger charge is 2.25. The molecule has 1 aliphatic carbocycles. The number of hydrogen-bond acceptors (Lipinski definition) is 3. The average molecular weight is 417 g/mol. The van der Waals surface area contributed by atoms with E-state index >= 15 is 0 Å². The van der Waals surface area contributed by atoms with Crippen molar-refractivity contribution in [2.24, 2.45) is 0 Å². The summed E-state index contributed by atoms with van der Waals surface area (Å²) in [6.07, 6.45) is 4.60. The van der Waals surface area contributed by atoms with Gasteiger partial charge in [-0.2, -0.15) is 0 Å². The van der Waals surface area contributed by atoms with Gasteiger partial charge >= 0.3 is 0 Å². The second-order valence-electron chi connectivity index (χ2n) is 8.62. The molecule has 3 aromatic rings. The fraction of sp³-hybridized carbons (Fsp3) is 0.370. The monoisotopic (exact) mass is 416 g/mol. The number of hydrogen-bond donors (Lipinski definition) is 3. The summed E-state index contributed by atoms with van der Waals surface area (Å²) in [5.41, 5.74) is 3.26. The number of carbonyl (C=O) groups excluding carboxylic acids is 1. The van der Waals surface area contributed by atoms with E-state index in [1.165, 1.54) is 34.7 Å². The number of carbonyl (C=O) groups is 1. The van der Waals surface area contributed by atoms with Gasteiger partial charge in [0.25, 0.3) is 5.91 Å². The first-order valence-corrected chi connectivity index (χ1v) is 11.4. The van der Waals surface area contributed by atoms with Crippen LogP contribution >= 0.6 is 0 Å². The van der Waals surface area contributed by atoms with Crippen LogP contribution in [-0.2, 0) is 0 Å². The molecule has 0 bridgehead atoms. The lowest BCUT2D eigenvalue weighted by atomic mass is 9.80. The number of benzene rings is 3. The number of aliphatic hydroxyl groups is 1. The summed E-state index contributed by atoms with van der Waals surface area (Å²) in [7, 11) is 0. The van der Waals surface area contributed by atoms with Crippen molar-refractivity contribution in [3.63, 3.8) is 0 Å². The Morgan fingerprint density at radius 3 is 2.74 bits per heavy atom. The van der Waals surface area contributed by atoms with Crippen LogP contribution in [-0.4, -0.2) is 30.2 Å². The molecule has 0 spiro atoms. The molecule has 0 heterocycles. The van der Waals surface area contributed by atoms with Gasteiger partial charge in [-0.1, -0.05) is 61.0 Å². The van der Waals surface area contributed by atoms with Crippen molar-refractivity contribution in [1.29, 1.82) is 0 Å². The molecule has 1 amide bonds. The molecule has 4 heteroatoms. The Morgan fingerprint density at radius 2 is 1.87 bits per heavy atom. The van der Waals surface area contributed by atoms with Gasteiger partial charge in [-0.25, -0.2) is 0 Å². The number of amides is 1. The lowest BCUT2D eigenvalue weighted by molar-refractivity contribution is 0.0944. The van der Waals surface area contributed by atoms with Crippen LogP contribution in [0.25, 0.3) is 10.8 Å². The normalized spacial score (nSPS) is 19.8. The van der Waals surface area contributed by atoms with Crippen LogP contribution in [0.4, 0.5) is 0 Å². The Hall–Kier alpha value is -2.69. The number of aliphatic hydroxyl groups excluding tert-OH is 1. The highest BCUT2D eigenvalue weighted by Crippen LogP contribution is 2.35. The van der Waals surface area contributed by atoms with Gasteiger partial charge in [0.15, 0.2) is 0 Å². The molecular formula is C27H32N2O2. The zero-order chi connectivity index (χ0) is 21.6. The summed E-state index contributed by atoms with van der Waals surface area (Å²) in [6, 6.07) is 23.9. The zero-order valence-electron chi connectivity index (χ0n) is 18.2. The van der Waals surface area contributed by atoms with E-state index < -0.39 is 0 Å². The van der Waals surface area contributed by atoms with Gasteiger partial charge in [-0.05, 0) is 66.1 Å². The first kappa shape index (κ1) is 21.5. The van der Waals surface area contributed by atoms with Gasteiger partial charge < -0.3 is 15.7 Å². The highest BCUT2D eigenvalue weighted by atomic mass is 16.3. The van der Waals surface area contributed by atoms with E-state index in [-0.39, 0.29) is 25.1 Å². The van der Waals surface area contributed by atoms with E-state index in [9.17, 15) is 4.79 Å². The summed E-state index contributed by atoms with van der Waals surface area (Å²) in [5, 5.41) is 18.2. The van der Waals surface area contributed by atoms with Crippen LogP contribution in [0.1, 0.15) is 66.1 Å². The maximum atomic E-state index is 12.3. The minimum atomic E-state index is -0.119. The van der Waals surface area contributed by atoms with Crippen molar-refractivity contribution < 1.29 is 9.90 Å². The Labute approximate surface area is 184 Å². The number of nitrogens with one attached hydrogen (secondary N) is 2. The Kier molecular flexibility index (Phi) is 7.00. The van der Waals surface area contributed by atoms with Crippen LogP contribution in [0.15, 0.2) is 66.7 Å². The van der Waals surface area contributed by atoms with Crippen molar-refractivity contribution in [3.05, 3.63) is 83.4 Å². The fourth-order valence-corrected chi connectivity index (χ4v) is 4.92. The van der Waals surface area contributed by atoms with Crippen LogP contribution in [0.3, 0.4) is 0 Å². The van der Waals surface area contributed by atoms with Crippen molar-refractivity contribution in [2.75, 3.05) is 13.2 Å². The summed E-state index contributed by atoms with van der Waals surface area (Å²) in [4.78, 5) is 12.3. The minimum Gasteiger partial charge on any atom is -0.395 e. The average Bonchev–Trinajstić information content (AvgIpc) is 2.82. The van der Waals surface area contributed by atoms with E-state index in [4.69, 9.17) is 5.11 Å². The minimum absolute atomic E-state index is 0.0453. The second kappa shape index (κ2) is 10.1. The molecule has 1 aliphatic rings. The standard InChI is InChI=1S/C27H32N2O2/c1-19(25-14-6-8-20-7-2-3-13-26(20)25)29-24-12-5-10-22(18-24)21-9-4-11-23(17-21)27(31)28-15-16-30/h2-4,6-9,11,13-14,17,19,22,24,29-30H,5,10,12,15-16,18H2,1H3,(H,28,31). The first-order valence-electron chi connectivity index (χ1n) is 11.4. The van der Waals surface area contributed by atoms with E-state index in [0.29, 0.717) is 17.5 Å². The third-order valence-corrected chi connectivity index (χ3v) is 6.47. The first-order chi connectivity index (χ1) is 15.2. The molecule has 3 aromatic carbocycles.